The van der Waals surface area contributed by atoms with Gasteiger partial charge in [0.1, 0.15) is 5.69 Å². The molecule has 24 heavy (non-hydrogen) atoms. The van der Waals surface area contributed by atoms with Crippen molar-refractivity contribution in [2.24, 2.45) is 0 Å². The molecule has 1 unspecified atom stereocenters. The number of hydrogen-bond donors (Lipinski definition) is 0. The zero-order valence-electron chi connectivity index (χ0n) is 13.1. The molecule has 3 rings (SSSR count). The van der Waals surface area contributed by atoms with E-state index in [2.05, 4.69) is 4.98 Å². The van der Waals surface area contributed by atoms with Crippen molar-refractivity contribution >= 4 is 38.1 Å². The predicted octanol–water partition coefficient (Wildman–Crippen LogP) is 5.84. The summed E-state index contributed by atoms with van der Waals surface area (Å²) in [7, 11) is 0. The Hall–Kier alpha value is -1.60. The van der Waals surface area contributed by atoms with E-state index in [0.717, 1.165) is 29.0 Å². The van der Waals surface area contributed by atoms with E-state index in [4.69, 9.17) is 4.42 Å². The van der Waals surface area contributed by atoms with Crippen LogP contribution in [-0.2, 0) is 4.79 Å². The first-order valence-electron chi connectivity index (χ1n) is 7.66. The summed E-state index contributed by atoms with van der Waals surface area (Å²) < 4.78 is 6.15. The second kappa shape index (κ2) is 7.98. The number of nitrogens with zero attached hydrogens (tertiary/aromatic N) is 1. The van der Waals surface area contributed by atoms with Crippen LogP contribution in [-0.4, -0.2) is 14.0 Å². The van der Waals surface area contributed by atoms with Crippen molar-refractivity contribution < 1.29 is 9.21 Å². The van der Waals surface area contributed by atoms with Gasteiger partial charge in [-0.3, -0.25) is 4.79 Å². The lowest BCUT2D eigenvalue weighted by Crippen LogP contribution is -2.08. The van der Waals surface area contributed by atoms with Gasteiger partial charge in [-0.1, -0.05) is 79.3 Å². The van der Waals surface area contributed by atoms with Gasteiger partial charge in [0.2, 0.25) is 3.79 Å². The molecule has 0 aliphatic heterocycles. The minimum Gasteiger partial charge on any atom is -0.431 e. The molecule has 0 aliphatic rings. The van der Waals surface area contributed by atoms with Gasteiger partial charge in [-0.25, -0.2) is 4.98 Å². The van der Waals surface area contributed by atoms with Crippen LogP contribution in [0.1, 0.15) is 13.3 Å². The fourth-order valence-electron chi connectivity index (χ4n) is 2.34. The molecule has 0 saturated carbocycles. The molecule has 0 saturated heterocycles. The van der Waals surface area contributed by atoms with Crippen molar-refractivity contribution in [2.75, 3.05) is 0 Å². The highest BCUT2D eigenvalue weighted by Crippen LogP contribution is 2.37. The minimum atomic E-state index is -0.142. The minimum absolute atomic E-state index is 0.112. The second-order valence-electron chi connectivity index (χ2n) is 5.21. The summed E-state index contributed by atoms with van der Waals surface area (Å²) in [4.78, 5) is 16.4. The van der Waals surface area contributed by atoms with E-state index in [1.54, 1.807) is 0 Å². The van der Waals surface area contributed by atoms with E-state index < -0.39 is 0 Å². The van der Waals surface area contributed by atoms with E-state index in [0.29, 0.717) is 5.22 Å². The molecule has 0 radical (unpaired) electrons. The van der Waals surface area contributed by atoms with Crippen molar-refractivity contribution in [3.05, 3.63) is 60.7 Å². The number of halogens is 1. The fraction of sp³-hybridized carbons (Fsp3) is 0.158. The van der Waals surface area contributed by atoms with E-state index in [9.17, 15) is 4.79 Å². The van der Waals surface area contributed by atoms with Gasteiger partial charge in [0.15, 0.2) is 5.76 Å². The molecule has 1 aromatic heterocycles. The van der Waals surface area contributed by atoms with Crippen molar-refractivity contribution in [1.29, 1.82) is 0 Å². The summed E-state index contributed by atoms with van der Waals surface area (Å²) in [5, 5.41) is 0.390. The Morgan fingerprint density at radius 3 is 2.21 bits per heavy atom. The maximum atomic E-state index is 11.7. The van der Waals surface area contributed by atoms with E-state index in [-0.39, 0.29) is 9.04 Å². The molecular formula is C19H16INO2S. The number of aromatic nitrogens is 1. The van der Waals surface area contributed by atoms with Crippen LogP contribution in [0.4, 0.5) is 0 Å². The lowest BCUT2D eigenvalue weighted by Gasteiger charge is -2.05. The Balaban J connectivity index is 2.05. The topological polar surface area (TPSA) is 43.1 Å². The first kappa shape index (κ1) is 17.2. The summed E-state index contributed by atoms with van der Waals surface area (Å²) >= 11 is 3.23. The molecule has 3 aromatic rings. The first-order valence-corrected chi connectivity index (χ1v) is 9.62. The molecule has 0 bridgehead atoms. The average Bonchev–Trinajstić information content (AvgIpc) is 3.05. The van der Waals surface area contributed by atoms with Gasteiger partial charge < -0.3 is 4.42 Å². The van der Waals surface area contributed by atoms with Crippen LogP contribution in [0.5, 0.6) is 0 Å². The largest absolute Gasteiger partial charge is 0.431 e. The zero-order chi connectivity index (χ0) is 16.9. The summed E-state index contributed by atoms with van der Waals surface area (Å²) in [6, 6.07) is 19.9. The van der Waals surface area contributed by atoms with Crippen LogP contribution in [0, 0.1) is 0 Å². The molecule has 0 fully saturated rings. The SMILES string of the molecule is CCC(Sc1nc(-c2ccccc2)c(-c2ccccc2)o1)C(=O)I. The highest BCUT2D eigenvalue weighted by molar-refractivity contribution is 14.1. The maximum absolute atomic E-state index is 11.7. The lowest BCUT2D eigenvalue weighted by atomic mass is 10.1. The Kier molecular flexibility index (Phi) is 5.73. The summed E-state index contributed by atoms with van der Waals surface area (Å²) in [5.74, 6) is 0.736. The average molecular weight is 449 g/mol. The molecule has 5 heteroatoms. The molecule has 0 spiro atoms. The number of carbonyl (C=O) groups is 1. The predicted molar refractivity (Wildman–Crippen MR) is 106 cm³/mol. The highest BCUT2D eigenvalue weighted by atomic mass is 127. The highest BCUT2D eigenvalue weighted by Gasteiger charge is 2.22. The van der Waals surface area contributed by atoms with Gasteiger partial charge in [0, 0.05) is 33.7 Å². The Morgan fingerprint density at radius 1 is 1.08 bits per heavy atom. The second-order valence-corrected chi connectivity index (χ2v) is 7.43. The number of thioether (sulfide) groups is 1. The van der Waals surface area contributed by atoms with Gasteiger partial charge in [-0.15, -0.1) is 0 Å². The molecule has 122 valence electrons. The molecular weight excluding hydrogens is 433 g/mol. The van der Waals surface area contributed by atoms with Gasteiger partial charge >= 0.3 is 0 Å². The third-order valence-electron chi connectivity index (χ3n) is 3.56. The van der Waals surface area contributed by atoms with Crippen LogP contribution >= 0.6 is 34.4 Å². The van der Waals surface area contributed by atoms with Crippen molar-refractivity contribution in [3.63, 3.8) is 0 Å². The van der Waals surface area contributed by atoms with Crippen molar-refractivity contribution in [1.82, 2.24) is 4.98 Å². The Labute approximate surface area is 159 Å². The van der Waals surface area contributed by atoms with Crippen LogP contribution < -0.4 is 0 Å². The lowest BCUT2D eigenvalue weighted by molar-refractivity contribution is -0.109. The van der Waals surface area contributed by atoms with Crippen LogP contribution in [0.2, 0.25) is 0 Å². The molecule has 2 aromatic carbocycles. The number of rotatable bonds is 6. The van der Waals surface area contributed by atoms with Crippen LogP contribution in [0.15, 0.2) is 70.3 Å². The smallest absolute Gasteiger partial charge is 0.257 e. The number of carbonyl (C=O) groups excluding carboxylic acids is 1. The van der Waals surface area contributed by atoms with Gasteiger partial charge in [-0.05, 0) is 6.42 Å². The third kappa shape index (κ3) is 3.89. The molecule has 1 atom stereocenters. The molecule has 1 heterocycles. The summed E-state index contributed by atoms with van der Waals surface area (Å²) in [5.41, 5.74) is 2.78. The van der Waals surface area contributed by atoms with Gasteiger partial charge in [0.25, 0.3) is 5.22 Å². The third-order valence-corrected chi connectivity index (χ3v) is 5.94. The van der Waals surface area contributed by atoms with Crippen LogP contribution in [0.25, 0.3) is 22.6 Å². The van der Waals surface area contributed by atoms with Crippen molar-refractivity contribution in [3.8, 4) is 22.6 Å². The Bertz CT molecular complexity index is 761. The first-order chi connectivity index (χ1) is 11.7. The van der Waals surface area contributed by atoms with Gasteiger partial charge in [0.05, 0.1) is 5.25 Å². The maximum Gasteiger partial charge on any atom is 0.257 e. The summed E-state index contributed by atoms with van der Waals surface area (Å²) in [6.07, 6.45) is 0.746. The molecule has 0 amide bonds. The van der Waals surface area contributed by atoms with E-state index in [1.165, 1.54) is 11.8 Å². The van der Waals surface area contributed by atoms with Crippen molar-refractivity contribution in [2.45, 2.75) is 23.8 Å². The number of oxazole rings is 1. The molecule has 3 nitrogen and oxygen atoms in total. The van der Waals surface area contributed by atoms with E-state index in [1.807, 2.05) is 90.2 Å². The van der Waals surface area contributed by atoms with Crippen LogP contribution in [0.3, 0.4) is 0 Å². The zero-order valence-corrected chi connectivity index (χ0v) is 16.1. The monoisotopic (exact) mass is 449 g/mol. The fourth-order valence-corrected chi connectivity index (χ4v) is 3.94. The Morgan fingerprint density at radius 2 is 1.67 bits per heavy atom. The number of benzene rings is 2. The number of hydrogen-bond acceptors (Lipinski definition) is 4. The molecule has 0 N–H and O–H groups in total. The van der Waals surface area contributed by atoms with Gasteiger partial charge in [-0.2, -0.15) is 0 Å². The quantitative estimate of drug-likeness (QED) is 0.269. The summed E-state index contributed by atoms with van der Waals surface area (Å²) in [6.45, 7) is 1.99. The standard InChI is InChI=1S/C19H16INO2S/c1-2-15(18(20)22)24-19-21-16(13-9-5-3-6-10-13)17(23-19)14-11-7-4-8-12-14/h3-12,15H,2H2,1H3. The normalized spacial score (nSPS) is 12.1. The van der Waals surface area contributed by atoms with E-state index >= 15 is 0 Å². The molecule has 0 aliphatic carbocycles.